The van der Waals surface area contributed by atoms with Crippen molar-refractivity contribution in [2.45, 2.75) is 31.4 Å². The van der Waals surface area contributed by atoms with Gasteiger partial charge in [-0.2, -0.15) is 16.9 Å². The van der Waals surface area contributed by atoms with Crippen LogP contribution in [0.3, 0.4) is 0 Å². The smallest absolute Gasteiger partial charge is 0.285 e. The van der Waals surface area contributed by atoms with Gasteiger partial charge in [0.1, 0.15) is 5.02 Å². The molecular weight excluding hydrogens is 258 g/mol. The zero-order valence-corrected chi connectivity index (χ0v) is 11.9. The van der Waals surface area contributed by atoms with Crippen LogP contribution in [0.5, 0.6) is 0 Å². The van der Waals surface area contributed by atoms with E-state index in [1.807, 2.05) is 11.8 Å². The van der Waals surface area contributed by atoms with Crippen LogP contribution in [0.25, 0.3) is 0 Å². The topological polar surface area (TPSA) is 57.8 Å². The minimum Gasteiger partial charge on any atom is -0.381 e. The van der Waals surface area contributed by atoms with E-state index in [4.69, 9.17) is 11.6 Å². The van der Waals surface area contributed by atoms with Gasteiger partial charge in [-0.3, -0.25) is 4.79 Å². The largest absolute Gasteiger partial charge is 0.381 e. The zero-order chi connectivity index (χ0) is 12.9. The van der Waals surface area contributed by atoms with Gasteiger partial charge in [0, 0.05) is 11.3 Å². The van der Waals surface area contributed by atoms with Gasteiger partial charge in [0.05, 0.1) is 11.9 Å². The van der Waals surface area contributed by atoms with E-state index in [0.29, 0.717) is 5.69 Å². The molecule has 0 spiro atoms. The lowest BCUT2D eigenvalue weighted by atomic mass is 10.0. The molecule has 1 aromatic rings. The van der Waals surface area contributed by atoms with E-state index < -0.39 is 0 Å². The molecule has 1 heterocycles. The lowest BCUT2D eigenvalue weighted by molar-refractivity contribution is 0.574. The van der Waals surface area contributed by atoms with E-state index >= 15 is 0 Å². The predicted molar refractivity (Wildman–Crippen MR) is 75.2 cm³/mol. The summed E-state index contributed by atoms with van der Waals surface area (Å²) in [7, 11) is 0. The Hall–Kier alpha value is -0.680. The maximum absolute atomic E-state index is 11.3. The molecule has 4 nitrogen and oxygen atoms in total. The molecule has 1 aromatic heterocycles. The van der Waals surface area contributed by atoms with Crippen molar-refractivity contribution in [2.24, 2.45) is 0 Å². The van der Waals surface area contributed by atoms with Gasteiger partial charge in [0.15, 0.2) is 0 Å². The Balaban J connectivity index is 2.79. The number of halogens is 1. The molecule has 0 aliphatic rings. The van der Waals surface area contributed by atoms with Crippen LogP contribution in [0.1, 0.15) is 26.7 Å². The quantitative estimate of drug-likeness (QED) is 0.838. The van der Waals surface area contributed by atoms with E-state index in [1.165, 1.54) is 0 Å². The molecule has 0 bridgehead atoms. The molecule has 0 atom stereocenters. The maximum atomic E-state index is 11.3. The zero-order valence-electron chi connectivity index (χ0n) is 10.3. The Kier molecular flexibility index (Phi) is 5.33. The van der Waals surface area contributed by atoms with Crippen molar-refractivity contribution < 1.29 is 0 Å². The number of anilines is 1. The molecule has 6 heteroatoms. The van der Waals surface area contributed by atoms with Crippen LogP contribution in [0, 0.1) is 0 Å². The molecule has 2 N–H and O–H groups in total. The average Bonchev–Trinajstić information content (AvgIpc) is 2.36. The molecular formula is C11H18ClN3OS. The second-order valence-corrected chi connectivity index (χ2v) is 5.53. The number of nitrogens with zero attached hydrogens (tertiary/aromatic N) is 1. The van der Waals surface area contributed by atoms with E-state index in [9.17, 15) is 4.79 Å². The lowest BCUT2D eigenvalue weighted by Crippen LogP contribution is -2.32. The number of hydrogen-bond acceptors (Lipinski definition) is 4. The fraction of sp³-hybridized carbons (Fsp3) is 0.636. The summed E-state index contributed by atoms with van der Waals surface area (Å²) in [5, 5.41) is 9.41. The fourth-order valence-electron chi connectivity index (χ4n) is 1.62. The Bertz CT molecular complexity index is 409. The highest BCUT2D eigenvalue weighted by Crippen LogP contribution is 2.31. The van der Waals surface area contributed by atoms with Crippen molar-refractivity contribution in [3.8, 4) is 0 Å². The van der Waals surface area contributed by atoms with Crippen molar-refractivity contribution in [1.82, 2.24) is 10.2 Å². The van der Waals surface area contributed by atoms with Gasteiger partial charge in [-0.25, -0.2) is 5.10 Å². The number of thioether (sulfide) groups is 1. The van der Waals surface area contributed by atoms with Crippen molar-refractivity contribution in [2.75, 3.05) is 18.1 Å². The van der Waals surface area contributed by atoms with Crippen molar-refractivity contribution in [3.63, 3.8) is 0 Å². The summed E-state index contributed by atoms with van der Waals surface area (Å²) in [6, 6.07) is 0. The summed E-state index contributed by atoms with van der Waals surface area (Å²) < 4.78 is 0.173. The number of nitrogens with one attached hydrogen (secondary N) is 2. The van der Waals surface area contributed by atoms with Crippen LogP contribution in [0.2, 0.25) is 5.02 Å². The minimum atomic E-state index is -0.362. The third-order valence-electron chi connectivity index (χ3n) is 3.12. The van der Waals surface area contributed by atoms with Gasteiger partial charge in [0.25, 0.3) is 5.56 Å². The summed E-state index contributed by atoms with van der Waals surface area (Å²) in [4.78, 5) is 11.3. The van der Waals surface area contributed by atoms with E-state index in [0.717, 1.165) is 19.4 Å². The molecule has 1 rings (SSSR count). The summed E-state index contributed by atoms with van der Waals surface area (Å²) >= 11 is 7.73. The number of rotatable bonds is 6. The van der Waals surface area contributed by atoms with Gasteiger partial charge in [0.2, 0.25) is 0 Å². The maximum Gasteiger partial charge on any atom is 0.285 e. The first-order chi connectivity index (χ1) is 8.08. The minimum absolute atomic E-state index is 0.169. The Morgan fingerprint density at radius 2 is 2.18 bits per heavy atom. The fourth-order valence-corrected chi connectivity index (χ4v) is 2.58. The van der Waals surface area contributed by atoms with Gasteiger partial charge in [-0.05, 0) is 19.1 Å². The van der Waals surface area contributed by atoms with Crippen molar-refractivity contribution in [3.05, 3.63) is 21.6 Å². The predicted octanol–water partition coefficient (Wildman–Crippen LogP) is 2.76. The van der Waals surface area contributed by atoms with Crippen molar-refractivity contribution >= 4 is 29.1 Å². The van der Waals surface area contributed by atoms with E-state index in [1.54, 1.807) is 6.20 Å². The third-order valence-corrected chi connectivity index (χ3v) is 5.08. The molecule has 0 saturated heterocycles. The highest BCUT2D eigenvalue weighted by molar-refractivity contribution is 8.00. The van der Waals surface area contributed by atoms with Crippen molar-refractivity contribution in [1.29, 1.82) is 0 Å². The molecule has 0 fully saturated rings. The highest BCUT2D eigenvalue weighted by Gasteiger charge is 2.24. The van der Waals surface area contributed by atoms with Crippen LogP contribution in [0.4, 0.5) is 5.69 Å². The number of aromatic amines is 1. The van der Waals surface area contributed by atoms with Gasteiger partial charge < -0.3 is 5.32 Å². The molecule has 0 unspecified atom stereocenters. The lowest BCUT2D eigenvalue weighted by Gasteiger charge is -2.30. The normalized spacial score (nSPS) is 11.5. The average molecular weight is 276 g/mol. The second-order valence-electron chi connectivity index (χ2n) is 3.87. The Morgan fingerprint density at radius 3 is 2.71 bits per heavy atom. The van der Waals surface area contributed by atoms with Crippen LogP contribution in [0.15, 0.2) is 11.0 Å². The first-order valence-corrected chi connectivity index (χ1v) is 7.21. The SMILES string of the molecule is CCC(CC)(CNc1cn[nH]c(=O)c1Cl)SC. The Labute approximate surface area is 111 Å². The molecule has 17 heavy (non-hydrogen) atoms. The summed E-state index contributed by atoms with van der Waals surface area (Å²) in [6.07, 6.45) is 5.77. The monoisotopic (exact) mass is 275 g/mol. The van der Waals surface area contributed by atoms with Crippen LogP contribution >= 0.6 is 23.4 Å². The van der Waals surface area contributed by atoms with E-state index in [2.05, 4.69) is 35.6 Å². The Morgan fingerprint density at radius 1 is 1.53 bits per heavy atom. The van der Waals surface area contributed by atoms with Crippen LogP contribution in [-0.4, -0.2) is 27.7 Å². The number of aromatic nitrogens is 2. The molecule has 0 radical (unpaired) electrons. The summed E-state index contributed by atoms with van der Waals surface area (Å²) in [6.45, 7) is 5.10. The molecule has 96 valence electrons. The molecule has 0 aliphatic heterocycles. The highest BCUT2D eigenvalue weighted by atomic mass is 35.5. The molecule has 0 aliphatic carbocycles. The first-order valence-electron chi connectivity index (χ1n) is 5.60. The summed E-state index contributed by atoms with van der Waals surface area (Å²) in [5.74, 6) is 0. The van der Waals surface area contributed by atoms with Crippen LogP contribution < -0.4 is 10.9 Å². The number of hydrogen-bond donors (Lipinski definition) is 2. The van der Waals surface area contributed by atoms with E-state index in [-0.39, 0.29) is 15.3 Å². The second kappa shape index (κ2) is 6.31. The molecule has 0 amide bonds. The summed E-state index contributed by atoms with van der Waals surface area (Å²) in [5.41, 5.74) is 0.232. The van der Waals surface area contributed by atoms with Gasteiger partial charge in [-0.1, -0.05) is 25.4 Å². The van der Waals surface area contributed by atoms with Gasteiger partial charge >= 0.3 is 0 Å². The molecule has 0 aromatic carbocycles. The third kappa shape index (κ3) is 3.39. The van der Waals surface area contributed by atoms with Crippen LogP contribution in [-0.2, 0) is 0 Å². The first kappa shape index (κ1) is 14.4. The van der Waals surface area contributed by atoms with Gasteiger partial charge in [-0.15, -0.1) is 0 Å². The standard InChI is InChI=1S/C11H18ClN3OS/c1-4-11(5-2,17-3)7-13-8-6-14-15-10(16)9(8)12/h6H,4-5,7H2,1-3H3,(H2,13,15,16). The number of H-pyrrole nitrogens is 1. The molecule has 0 saturated carbocycles.